The van der Waals surface area contributed by atoms with E-state index in [0.29, 0.717) is 5.82 Å². The van der Waals surface area contributed by atoms with E-state index < -0.39 is 0 Å². The quantitative estimate of drug-likeness (QED) is 0.766. The Bertz CT molecular complexity index is 643. The maximum absolute atomic E-state index is 4.04. The van der Waals surface area contributed by atoms with Crippen LogP contribution in [-0.2, 0) is 0 Å². The molecule has 0 atom stereocenters. The molecule has 0 saturated carbocycles. The number of rotatable bonds is 2. The molecule has 3 rings (SSSR count). The minimum absolute atomic E-state index is 0.617. The monoisotopic (exact) mass is 266 g/mol. The minimum atomic E-state index is 0.617. The van der Waals surface area contributed by atoms with Gasteiger partial charge in [-0.2, -0.15) is 5.21 Å². The molecule has 1 aromatic heterocycles. The van der Waals surface area contributed by atoms with Crippen molar-refractivity contribution < 1.29 is 0 Å². The molecule has 102 valence electrons. The molecule has 0 amide bonds. The van der Waals surface area contributed by atoms with Crippen LogP contribution in [0.4, 0.5) is 0 Å². The molecule has 4 nitrogen and oxygen atoms in total. The summed E-state index contributed by atoms with van der Waals surface area (Å²) in [6.45, 7) is 6.08. The number of benzene rings is 2. The molecule has 1 heterocycles. The number of aromatic nitrogens is 4. The van der Waals surface area contributed by atoms with Gasteiger partial charge < -0.3 is 0 Å². The Balaban J connectivity index is 0.000000704. The van der Waals surface area contributed by atoms with Crippen LogP contribution in [0.15, 0.2) is 48.5 Å². The lowest BCUT2D eigenvalue weighted by atomic mass is 9.98. The number of hydrogen-bond acceptors (Lipinski definition) is 3. The van der Waals surface area contributed by atoms with Gasteiger partial charge in [-0.15, -0.1) is 10.2 Å². The van der Waals surface area contributed by atoms with E-state index in [2.05, 4.69) is 57.9 Å². The standard InChI is InChI=1S/C14H12N4.C2H6/c1-10-6-8-11(9-7-10)12-4-2-3-5-13(12)14-15-17-18-16-14;1-2/h2-9H,1H3,(H,15,16,17,18);1-2H3. The Kier molecular flexibility index (Phi) is 4.60. The molecule has 0 radical (unpaired) electrons. The highest BCUT2D eigenvalue weighted by Crippen LogP contribution is 2.29. The van der Waals surface area contributed by atoms with Crippen LogP contribution in [0.2, 0.25) is 0 Å². The summed E-state index contributed by atoms with van der Waals surface area (Å²) in [4.78, 5) is 0. The zero-order valence-corrected chi connectivity index (χ0v) is 12.0. The summed E-state index contributed by atoms with van der Waals surface area (Å²) in [7, 11) is 0. The molecular weight excluding hydrogens is 248 g/mol. The van der Waals surface area contributed by atoms with E-state index in [1.54, 1.807) is 0 Å². The van der Waals surface area contributed by atoms with Crippen molar-refractivity contribution in [2.24, 2.45) is 0 Å². The first-order chi connectivity index (χ1) is 9.84. The van der Waals surface area contributed by atoms with Crippen LogP contribution in [0.5, 0.6) is 0 Å². The van der Waals surface area contributed by atoms with Gasteiger partial charge in [-0.25, -0.2) is 0 Å². The van der Waals surface area contributed by atoms with E-state index in [1.165, 1.54) is 5.56 Å². The van der Waals surface area contributed by atoms with E-state index >= 15 is 0 Å². The predicted molar refractivity (Wildman–Crippen MR) is 81.1 cm³/mol. The van der Waals surface area contributed by atoms with Crippen LogP contribution in [-0.4, -0.2) is 20.6 Å². The van der Waals surface area contributed by atoms with Crippen molar-refractivity contribution in [3.8, 4) is 22.5 Å². The number of nitrogens with zero attached hydrogens (tertiary/aromatic N) is 3. The summed E-state index contributed by atoms with van der Waals surface area (Å²) < 4.78 is 0. The van der Waals surface area contributed by atoms with Crippen molar-refractivity contribution in [3.05, 3.63) is 54.1 Å². The van der Waals surface area contributed by atoms with Gasteiger partial charge >= 0.3 is 0 Å². The smallest absolute Gasteiger partial charge is 0.177 e. The molecule has 20 heavy (non-hydrogen) atoms. The van der Waals surface area contributed by atoms with Crippen molar-refractivity contribution in [3.63, 3.8) is 0 Å². The molecular formula is C16H18N4. The largest absolute Gasteiger partial charge is 0.205 e. The number of tetrazole rings is 1. The summed E-state index contributed by atoms with van der Waals surface area (Å²) in [6.07, 6.45) is 0. The molecule has 0 bridgehead atoms. The lowest BCUT2D eigenvalue weighted by Crippen LogP contribution is -1.87. The fourth-order valence-electron chi connectivity index (χ4n) is 1.94. The third kappa shape index (κ3) is 2.91. The molecule has 1 N–H and O–H groups in total. The molecule has 0 fully saturated rings. The first-order valence-corrected chi connectivity index (χ1v) is 6.74. The summed E-state index contributed by atoms with van der Waals surface area (Å²) in [5.74, 6) is 0.617. The predicted octanol–water partition coefficient (Wildman–Crippen LogP) is 3.87. The van der Waals surface area contributed by atoms with Crippen molar-refractivity contribution in [2.45, 2.75) is 20.8 Å². The van der Waals surface area contributed by atoms with E-state index in [0.717, 1.165) is 16.7 Å². The van der Waals surface area contributed by atoms with Crippen LogP contribution in [0.1, 0.15) is 19.4 Å². The van der Waals surface area contributed by atoms with E-state index in [9.17, 15) is 0 Å². The Labute approximate surface area is 118 Å². The molecule has 0 unspecified atom stereocenters. The normalized spacial score (nSPS) is 9.75. The first kappa shape index (κ1) is 13.9. The Morgan fingerprint density at radius 1 is 0.850 bits per heavy atom. The number of aromatic amines is 1. The molecule has 0 saturated heterocycles. The van der Waals surface area contributed by atoms with Crippen LogP contribution in [0.25, 0.3) is 22.5 Å². The summed E-state index contributed by atoms with van der Waals surface area (Å²) in [6, 6.07) is 16.5. The van der Waals surface area contributed by atoms with Gasteiger partial charge in [0.2, 0.25) is 5.82 Å². The van der Waals surface area contributed by atoms with Gasteiger partial charge in [-0.05, 0) is 23.3 Å². The van der Waals surface area contributed by atoms with Gasteiger partial charge in [-0.3, -0.25) is 0 Å². The highest BCUT2D eigenvalue weighted by Gasteiger charge is 2.09. The second-order valence-electron chi connectivity index (χ2n) is 4.15. The molecule has 0 aliphatic carbocycles. The lowest BCUT2D eigenvalue weighted by Gasteiger charge is -2.06. The zero-order valence-electron chi connectivity index (χ0n) is 12.0. The van der Waals surface area contributed by atoms with E-state index in [1.807, 2.05) is 32.0 Å². The third-order valence-electron chi connectivity index (χ3n) is 2.88. The van der Waals surface area contributed by atoms with Gasteiger partial charge in [0, 0.05) is 5.56 Å². The van der Waals surface area contributed by atoms with Crippen LogP contribution >= 0.6 is 0 Å². The third-order valence-corrected chi connectivity index (χ3v) is 2.88. The van der Waals surface area contributed by atoms with E-state index in [4.69, 9.17) is 0 Å². The fourth-order valence-corrected chi connectivity index (χ4v) is 1.94. The second kappa shape index (κ2) is 6.61. The number of H-pyrrole nitrogens is 1. The zero-order chi connectivity index (χ0) is 14.4. The molecule has 0 spiro atoms. The SMILES string of the molecule is CC.Cc1ccc(-c2ccccc2-c2nn[nH]n2)cc1. The summed E-state index contributed by atoms with van der Waals surface area (Å²) in [5, 5.41) is 14.2. The maximum atomic E-state index is 4.04. The van der Waals surface area contributed by atoms with Crippen LogP contribution < -0.4 is 0 Å². The van der Waals surface area contributed by atoms with Crippen molar-refractivity contribution >= 4 is 0 Å². The second-order valence-corrected chi connectivity index (χ2v) is 4.15. The maximum Gasteiger partial charge on any atom is 0.205 e. The Hall–Kier alpha value is -2.49. The Morgan fingerprint density at radius 2 is 1.50 bits per heavy atom. The molecule has 0 aliphatic heterocycles. The number of hydrogen-bond donors (Lipinski definition) is 1. The Morgan fingerprint density at radius 3 is 2.10 bits per heavy atom. The summed E-state index contributed by atoms with van der Waals surface area (Å²) in [5.41, 5.74) is 4.49. The average Bonchev–Trinajstić information content (AvgIpc) is 3.04. The number of aryl methyl sites for hydroxylation is 1. The van der Waals surface area contributed by atoms with Crippen LogP contribution in [0.3, 0.4) is 0 Å². The van der Waals surface area contributed by atoms with Gasteiger partial charge in [0.15, 0.2) is 0 Å². The van der Waals surface area contributed by atoms with Gasteiger partial charge in [-0.1, -0.05) is 67.9 Å². The van der Waals surface area contributed by atoms with Crippen molar-refractivity contribution in [1.29, 1.82) is 0 Å². The molecule has 3 aromatic rings. The van der Waals surface area contributed by atoms with Gasteiger partial charge in [0.25, 0.3) is 0 Å². The van der Waals surface area contributed by atoms with Crippen molar-refractivity contribution in [2.75, 3.05) is 0 Å². The minimum Gasteiger partial charge on any atom is -0.177 e. The number of nitrogens with one attached hydrogen (secondary N) is 1. The van der Waals surface area contributed by atoms with Gasteiger partial charge in [0.05, 0.1) is 0 Å². The molecule has 4 heteroatoms. The van der Waals surface area contributed by atoms with Crippen molar-refractivity contribution in [1.82, 2.24) is 20.6 Å². The lowest BCUT2D eigenvalue weighted by molar-refractivity contribution is 0.881. The molecule has 0 aliphatic rings. The fraction of sp³-hybridized carbons (Fsp3) is 0.188. The first-order valence-electron chi connectivity index (χ1n) is 6.74. The van der Waals surface area contributed by atoms with Crippen LogP contribution in [0, 0.1) is 6.92 Å². The molecule has 2 aromatic carbocycles. The topological polar surface area (TPSA) is 54.5 Å². The highest BCUT2D eigenvalue weighted by molar-refractivity contribution is 5.80. The average molecular weight is 266 g/mol. The van der Waals surface area contributed by atoms with Gasteiger partial charge in [0.1, 0.15) is 0 Å². The highest BCUT2D eigenvalue weighted by atomic mass is 15.5. The summed E-state index contributed by atoms with van der Waals surface area (Å²) >= 11 is 0. The van der Waals surface area contributed by atoms with E-state index in [-0.39, 0.29) is 0 Å².